The molecule has 0 radical (unpaired) electrons. The van der Waals surface area contributed by atoms with Gasteiger partial charge in [-0.25, -0.2) is 0 Å². The molecule has 206 valence electrons. The van der Waals surface area contributed by atoms with Crippen molar-refractivity contribution in [2.75, 3.05) is 19.6 Å². The topological polar surface area (TPSA) is 23.6 Å². The normalized spacial score (nSPS) is 25.8. The van der Waals surface area contributed by atoms with Gasteiger partial charge in [-0.05, 0) is 93.3 Å². The summed E-state index contributed by atoms with van der Waals surface area (Å²) in [5.41, 5.74) is 2.97. The highest BCUT2D eigenvalue weighted by atomic mass is 16.2. The van der Waals surface area contributed by atoms with Crippen molar-refractivity contribution in [1.82, 2.24) is 9.80 Å². The quantitative estimate of drug-likeness (QED) is 0.318. The van der Waals surface area contributed by atoms with Crippen LogP contribution in [0.2, 0.25) is 0 Å². The Balaban J connectivity index is 1.18. The third-order valence-corrected chi connectivity index (χ3v) is 9.99. The maximum absolute atomic E-state index is 13.0. The van der Waals surface area contributed by atoms with Crippen LogP contribution < -0.4 is 0 Å². The van der Waals surface area contributed by atoms with E-state index in [0.29, 0.717) is 29.8 Å². The van der Waals surface area contributed by atoms with E-state index in [9.17, 15) is 4.79 Å². The fourth-order valence-corrected chi connectivity index (χ4v) is 8.01. The molecule has 3 atom stereocenters. The molecule has 3 aliphatic rings. The maximum Gasteiger partial charge on any atom is 0.219 e. The van der Waals surface area contributed by atoms with Crippen LogP contribution in [0.25, 0.3) is 0 Å². The van der Waals surface area contributed by atoms with Gasteiger partial charge in [-0.2, -0.15) is 0 Å². The van der Waals surface area contributed by atoms with Crippen molar-refractivity contribution < 1.29 is 4.79 Å². The predicted molar refractivity (Wildman–Crippen MR) is 158 cm³/mol. The first-order valence-corrected chi connectivity index (χ1v) is 15.8. The van der Waals surface area contributed by atoms with Gasteiger partial charge < -0.3 is 9.80 Å². The number of rotatable bonds is 9. The van der Waals surface area contributed by atoms with E-state index < -0.39 is 0 Å². The van der Waals surface area contributed by atoms with Crippen LogP contribution in [0.15, 0.2) is 60.7 Å². The number of piperidine rings is 1. The van der Waals surface area contributed by atoms with Crippen molar-refractivity contribution in [3.05, 3.63) is 71.8 Å². The summed E-state index contributed by atoms with van der Waals surface area (Å²) in [5.74, 6) is 2.41. The number of nitrogens with zero attached hydrogens (tertiary/aromatic N) is 2. The van der Waals surface area contributed by atoms with Crippen molar-refractivity contribution in [2.24, 2.45) is 11.8 Å². The van der Waals surface area contributed by atoms with E-state index in [0.717, 1.165) is 12.3 Å². The second kappa shape index (κ2) is 13.8. The molecule has 38 heavy (non-hydrogen) atoms. The van der Waals surface area contributed by atoms with Gasteiger partial charge in [0.2, 0.25) is 5.91 Å². The van der Waals surface area contributed by atoms with Gasteiger partial charge >= 0.3 is 0 Å². The summed E-state index contributed by atoms with van der Waals surface area (Å²) in [6.07, 6.45) is 16.6. The van der Waals surface area contributed by atoms with Crippen LogP contribution in [0.4, 0.5) is 0 Å². The highest BCUT2D eigenvalue weighted by Gasteiger charge is 2.41. The Labute approximate surface area is 232 Å². The van der Waals surface area contributed by atoms with E-state index in [-0.39, 0.29) is 0 Å². The summed E-state index contributed by atoms with van der Waals surface area (Å²) in [6.45, 7) is 5.52. The molecule has 1 saturated heterocycles. The number of carbonyl (C=O) groups excluding carboxylic acids is 1. The molecule has 3 fully saturated rings. The molecule has 1 heterocycles. The number of aryl methyl sites for hydroxylation is 1. The van der Waals surface area contributed by atoms with Crippen molar-refractivity contribution in [3.63, 3.8) is 0 Å². The number of likely N-dealkylation sites (tertiary alicyclic amines) is 1. The third-order valence-electron chi connectivity index (χ3n) is 9.99. The molecule has 2 aromatic carbocycles. The van der Waals surface area contributed by atoms with E-state index in [2.05, 4.69) is 70.5 Å². The standard InChI is InChI=1S/C35H50N2O/c1-28(38)37(33-19-10-2-3-11-20-33)34-25-32(35(26-34)31-17-8-5-9-18-31)27-36-23-21-30(22-24-36)16-12-15-29-13-6-4-7-14-29/h4-9,13-14,17-18,30,32-35H,2-3,10-12,15-16,19-27H2,1H3. The molecule has 0 spiro atoms. The van der Waals surface area contributed by atoms with Crippen molar-refractivity contribution >= 4 is 5.91 Å². The Morgan fingerprint density at radius 1 is 0.816 bits per heavy atom. The Hall–Kier alpha value is -2.13. The largest absolute Gasteiger partial charge is 0.337 e. The molecule has 5 rings (SSSR count). The van der Waals surface area contributed by atoms with Crippen molar-refractivity contribution in [1.29, 1.82) is 0 Å². The Morgan fingerprint density at radius 3 is 2.13 bits per heavy atom. The average Bonchev–Trinajstić information content (AvgIpc) is 3.15. The highest BCUT2D eigenvalue weighted by Crippen LogP contribution is 2.44. The SMILES string of the molecule is CC(=O)N(C1CCCCCC1)C1CC(CN2CCC(CCCc3ccccc3)CC2)C(c2ccccc2)C1. The first-order valence-electron chi connectivity index (χ1n) is 15.8. The summed E-state index contributed by atoms with van der Waals surface area (Å²) in [4.78, 5) is 18.1. The number of benzene rings is 2. The number of amides is 1. The molecule has 1 amide bonds. The molecule has 2 saturated carbocycles. The molecule has 3 unspecified atom stereocenters. The van der Waals surface area contributed by atoms with Crippen LogP contribution in [0.1, 0.15) is 101 Å². The minimum Gasteiger partial charge on any atom is -0.337 e. The molecular formula is C35H50N2O. The van der Waals surface area contributed by atoms with E-state index >= 15 is 0 Å². The molecule has 0 aromatic heterocycles. The van der Waals surface area contributed by atoms with Crippen LogP contribution in [0.5, 0.6) is 0 Å². The van der Waals surface area contributed by atoms with Crippen molar-refractivity contribution in [2.45, 2.75) is 108 Å². The van der Waals surface area contributed by atoms with Crippen LogP contribution in [-0.2, 0) is 11.2 Å². The van der Waals surface area contributed by atoms with E-state index in [1.165, 1.54) is 108 Å². The van der Waals surface area contributed by atoms with Gasteiger partial charge in [0.1, 0.15) is 0 Å². The molecular weight excluding hydrogens is 464 g/mol. The second-order valence-corrected chi connectivity index (χ2v) is 12.6. The lowest BCUT2D eigenvalue weighted by molar-refractivity contribution is -0.134. The zero-order chi connectivity index (χ0) is 26.2. The predicted octanol–water partition coefficient (Wildman–Crippen LogP) is 7.86. The van der Waals surface area contributed by atoms with Gasteiger partial charge in [0, 0.05) is 25.6 Å². The van der Waals surface area contributed by atoms with Gasteiger partial charge in [-0.3, -0.25) is 4.79 Å². The summed E-state index contributed by atoms with van der Waals surface area (Å²) < 4.78 is 0. The maximum atomic E-state index is 13.0. The summed E-state index contributed by atoms with van der Waals surface area (Å²) in [7, 11) is 0. The Bertz CT molecular complexity index is 960. The number of carbonyl (C=O) groups is 1. The van der Waals surface area contributed by atoms with Gasteiger partial charge in [-0.1, -0.05) is 92.8 Å². The third kappa shape index (κ3) is 7.29. The van der Waals surface area contributed by atoms with E-state index in [4.69, 9.17) is 0 Å². The van der Waals surface area contributed by atoms with Gasteiger partial charge in [0.25, 0.3) is 0 Å². The van der Waals surface area contributed by atoms with Crippen LogP contribution in [0, 0.1) is 11.8 Å². The summed E-state index contributed by atoms with van der Waals surface area (Å²) in [5, 5.41) is 0. The smallest absolute Gasteiger partial charge is 0.219 e. The molecule has 2 aliphatic carbocycles. The van der Waals surface area contributed by atoms with E-state index in [1.807, 2.05) is 6.92 Å². The zero-order valence-corrected chi connectivity index (χ0v) is 23.8. The average molecular weight is 515 g/mol. The fraction of sp³-hybridized carbons (Fsp3) is 0.629. The van der Waals surface area contributed by atoms with Crippen molar-refractivity contribution in [3.8, 4) is 0 Å². The van der Waals surface area contributed by atoms with Crippen LogP contribution >= 0.6 is 0 Å². The second-order valence-electron chi connectivity index (χ2n) is 12.6. The molecule has 3 heteroatoms. The first kappa shape index (κ1) is 27.4. The summed E-state index contributed by atoms with van der Waals surface area (Å²) in [6, 6.07) is 23.1. The molecule has 1 aliphatic heterocycles. The molecule has 3 nitrogen and oxygen atoms in total. The minimum absolute atomic E-state index is 0.311. The number of hydrogen-bond acceptors (Lipinski definition) is 2. The summed E-state index contributed by atoms with van der Waals surface area (Å²) >= 11 is 0. The molecule has 0 N–H and O–H groups in total. The molecule has 0 bridgehead atoms. The van der Waals surface area contributed by atoms with Gasteiger partial charge in [0.15, 0.2) is 0 Å². The van der Waals surface area contributed by atoms with E-state index in [1.54, 1.807) is 0 Å². The zero-order valence-electron chi connectivity index (χ0n) is 23.8. The fourth-order valence-electron chi connectivity index (χ4n) is 8.01. The Kier molecular flexibility index (Phi) is 9.95. The lowest BCUT2D eigenvalue weighted by atomic mass is 9.87. The number of hydrogen-bond donors (Lipinski definition) is 0. The molecule has 2 aromatic rings. The first-order chi connectivity index (χ1) is 18.7. The minimum atomic E-state index is 0.311. The van der Waals surface area contributed by atoms with Crippen LogP contribution in [0.3, 0.4) is 0 Å². The van der Waals surface area contributed by atoms with Crippen LogP contribution in [-0.4, -0.2) is 47.4 Å². The Morgan fingerprint density at radius 2 is 1.47 bits per heavy atom. The monoisotopic (exact) mass is 514 g/mol. The van der Waals surface area contributed by atoms with Gasteiger partial charge in [-0.15, -0.1) is 0 Å². The van der Waals surface area contributed by atoms with Gasteiger partial charge in [0.05, 0.1) is 0 Å². The lowest BCUT2D eigenvalue weighted by Gasteiger charge is -2.36. The lowest BCUT2D eigenvalue weighted by Crippen LogP contribution is -2.45. The highest BCUT2D eigenvalue weighted by molar-refractivity contribution is 5.74.